The van der Waals surface area contributed by atoms with Crippen LogP contribution in [-0.4, -0.2) is 37.1 Å². The summed E-state index contributed by atoms with van der Waals surface area (Å²) in [6, 6.07) is 9.10. The predicted molar refractivity (Wildman–Crippen MR) is 92.8 cm³/mol. The maximum atomic E-state index is 11.5. The van der Waals surface area contributed by atoms with Gasteiger partial charge in [0, 0.05) is 19.8 Å². The Bertz CT molecular complexity index is 845. The van der Waals surface area contributed by atoms with Crippen molar-refractivity contribution in [1.82, 2.24) is 9.97 Å². The highest BCUT2D eigenvalue weighted by Gasteiger charge is 2.13. The fourth-order valence-corrected chi connectivity index (χ4v) is 3.05. The van der Waals surface area contributed by atoms with Gasteiger partial charge in [0.2, 0.25) is 5.95 Å². The van der Waals surface area contributed by atoms with Crippen LogP contribution in [0.25, 0.3) is 10.2 Å². The first kappa shape index (κ1) is 15.2. The van der Waals surface area contributed by atoms with E-state index >= 15 is 0 Å². The lowest BCUT2D eigenvalue weighted by molar-refractivity contribution is 0.0601. The number of methoxy groups -OCH3 is 1. The minimum atomic E-state index is -0.354. The standard InChI is InChI=1S/C16H16N4O2S/c1-17-14-13-12(8-9-23-13)18-16(19-14)20(2)11-6-4-10(5-7-11)15(21)22-3/h4-9H,1-3H3,(H,17,18,19). The second-order valence-electron chi connectivity index (χ2n) is 4.85. The maximum Gasteiger partial charge on any atom is 0.337 e. The Balaban J connectivity index is 1.96. The van der Waals surface area contributed by atoms with Gasteiger partial charge in [-0.3, -0.25) is 0 Å². The zero-order chi connectivity index (χ0) is 16.4. The normalized spacial score (nSPS) is 10.6. The fraction of sp³-hybridized carbons (Fsp3) is 0.188. The Kier molecular flexibility index (Phi) is 4.12. The van der Waals surface area contributed by atoms with E-state index in [9.17, 15) is 4.79 Å². The van der Waals surface area contributed by atoms with Crippen LogP contribution in [0, 0.1) is 0 Å². The van der Waals surface area contributed by atoms with Gasteiger partial charge in [-0.2, -0.15) is 4.98 Å². The topological polar surface area (TPSA) is 67.4 Å². The number of carbonyl (C=O) groups is 1. The number of benzene rings is 1. The minimum absolute atomic E-state index is 0.354. The van der Waals surface area contributed by atoms with Gasteiger partial charge in [-0.1, -0.05) is 0 Å². The Morgan fingerprint density at radius 2 is 1.96 bits per heavy atom. The fourth-order valence-electron chi connectivity index (χ4n) is 2.23. The molecule has 0 aliphatic rings. The first-order valence-electron chi connectivity index (χ1n) is 6.99. The van der Waals surface area contributed by atoms with E-state index in [0.29, 0.717) is 11.5 Å². The van der Waals surface area contributed by atoms with Crippen molar-refractivity contribution in [1.29, 1.82) is 0 Å². The summed E-state index contributed by atoms with van der Waals surface area (Å²) in [4.78, 5) is 22.5. The van der Waals surface area contributed by atoms with Crippen molar-refractivity contribution in [2.45, 2.75) is 0 Å². The third kappa shape index (κ3) is 2.83. The van der Waals surface area contributed by atoms with Crippen molar-refractivity contribution >= 4 is 45.0 Å². The molecule has 1 aromatic carbocycles. The van der Waals surface area contributed by atoms with Gasteiger partial charge in [-0.25, -0.2) is 9.78 Å². The highest BCUT2D eigenvalue weighted by Crippen LogP contribution is 2.30. The van der Waals surface area contributed by atoms with Crippen LogP contribution in [0.1, 0.15) is 10.4 Å². The van der Waals surface area contributed by atoms with Gasteiger partial charge in [-0.05, 0) is 35.7 Å². The minimum Gasteiger partial charge on any atom is -0.465 e. The zero-order valence-electron chi connectivity index (χ0n) is 13.0. The van der Waals surface area contributed by atoms with E-state index in [0.717, 1.165) is 21.7 Å². The molecule has 6 nitrogen and oxygen atoms in total. The number of ether oxygens (including phenoxy) is 1. The molecule has 1 N–H and O–H groups in total. The van der Waals surface area contributed by atoms with Gasteiger partial charge < -0.3 is 15.0 Å². The molecule has 0 saturated carbocycles. The van der Waals surface area contributed by atoms with Gasteiger partial charge in [0.1, 0.15) is 5.82 Å². The van der Waals surface area contributed by atoms with Gasteiger partial charge in [0.05, 0.1) is 22.9 Å². The lowest BCUT2D eigenvalue weighted by Crippen LogP contribution is -2.14. The number of hydrogen-bond donors (Lipinski definition) is 1. The molecule has 0 aliphatic carbocycles. The number of fused-ring (bicyclic) bond motifs is 1. The monoisotopic (exact) mass is 328 g/mol. The zero-order valence-corrected chi connectivity index (χ0v) is 13.8. The highest BCUT2D eigenvalue weighted by molar-refractivity contribution is 7.17. The third-order valence-electron chi connectivity index (χ3n) is 3.50. The summed E-state index contributed by atoms with van der Waals surface area (Å²) in [6.45, 7) is 0. The number of hydrogen-bond acceptors (Lipinski definition) is 7. The Hall–Kier alpha value is -2.67. The van der Waals surface area contributed by atoms with Crippen LogP contribution >= 0.6 is 11.3 Å². The van der Waals surface area contributed by atoms with Crippen LogP contribution in [0.4, 0.5) is 17.5 Å². The molecule has 3 aromatic rings. The molecule has 0 fully saturated rings. The summed E-state index contributed by atoms with van der Waals surface area (Å²) in [5.41, 5.74) is 2.30. The summed E-state index contributed by atoms with van der Waals surface area (Å²) >= 11 is 1.61. The number of rotatable bonds is 4. The average Bonchev–Trinajstić information content (AvgIpc) is 3.08. The van der Waals surface area contributed by atoms with Crippen LogP contribution < -0.4 is 10.2 Å². The van der Waals surface area contributed by atoms with E-state index in [4.69, 9.17) is 4.74 Å². The van der Waals surface area contributed by atoms with Crippen molar-refractivity contribution < 1.29 is 9.53 Å². The van der Waals surface area contributed by atoms with E-state index in [-0.39, 0.29) is 5.97 Å². The molecule has 118 valence electrons. The molecule has 0 aliphatic heterocycles. The summed E-state index contributed by atoms with van der Waals surface area (Å²) in [5.74, 6) is 1.04. The molecule has 0 amide bonds. The number of aromatic nitrogens is 2. The van der Waals surface area contributed by atoms with Crippen LogP contribution in [-0.2, 0) is 4.74 Å². The third-order valence-corrected chi connectivity index (χ3v) is 4.41. The van der Waals surface area contributed by atoms with Crippen LogP contribution in [0.3, 0.4) is 0 Å². The number of esters is 1. The van der Waals surface area contributed by atoms with E-state index in [1.807, 2.05) is 42.6 Å². The van der Waals surface area contributed by atoms with Crippen LogP contribution in [0.5, 0.6) is 0 Å². The van der Waals surface area contributed by atoms with E-state index in [1.165, 1.54) is 7.11 Å². The molecule has 0 spiro atoms. The summed E-state index contributed by atoms with van der Waals surface area (Å²) in [5, 5.41) is 5.10. The summed E-state index contributed by atoms with van der Waals surface area (Å²) < 4.78 is 5.74. The second-order valence-corrected chi connectivity index (χ2v) is 5.77. The number of carbonyl (C=O) groups excluding carboxylic acids is 1. The van der Waals surface area contributed by atoms with Gasteiger partial charge in [-0.15, -0.1) is 11.3 Å². The molecular weight excluding hydrogens is 312 g/mol. The van der Waals surface area contributed by atoms with Crippen LogP contribution in [0.2, 0.25) is 0 Å². The second kappa shape index (κ2) is 6.21. The Morgan fingerprint density at radius 3 is 2.61 bits per heavy atom. The molecule has 2 aromatic heterocycles. The quantitative estimate of drug-likeness (QED) is 0.741. The van der Waals surface area contributed by atoms with E-state index < -0.39 is 0 Å². The Labute approximate surface area is 137 Å². The summed E-state index contributed by atoms with van der Waals surface area (Å²) in [7, 11) is 5.10. The SMILES string of the molecule is CNc1nc(N(C)c2ccc(C(=O)OC)cc2)nc2ccsc12. The molecule has 7 heteroatoms. The molecule has 0 bridgehead atoms. The van der Waals surface area contributed by atoms with Crippen molar-refractivity contribution in [2.75, 3.05) is 31.4 Å². The number of anilines is 3. The van der Waals surface area contributed by atoms with Crippen LogP contribution in [0.15, 0.2) is 35.7 Å². The van der Waals surface area contributed by atoms with Crippen molar-refractivity contribution in [3.63, 3.8) is 0 Å². The molecule has 3 rings (SSSR count). The number of nitrogens with zero attached hydrogens (tertiary/aromatic N) is 3. The van der Waals surface area contributed by atoms with Crippen molar-refractivity contribution in [2.24, 2.45) is 0 Å². The number of thiophene rings is 1. The summed E-state index contributed by atoms with van der Waals surface area (Å²) in [6.07, 6.45) is 0. The predicted octanol–water partition coefficient (Wildman–Crippen LogP) is 3.29. The molecule has 0 unspecified atom stereocenters. The molecular formula is C16H16N4O2S. The molecule has 23 heavy (non-hydrogen) atoms. The Morgan fingerprint density at radius 1 is 1.22 bits per heavy atom. The van der Waals surface area contributed by atoms with Gasteiger partial charge in [0.25, 0.3) is 0 Å². The van der Waals surface area contributed by atoms with Gasteiger partial charge in [0.15, 0.2) is 0 Å². The number of nitrogens with one attached hydrogen (secondary N) is 1. The smallest absolute Gasteiger partial charge is 0.337 e. The first-order chi connectivity index (χ1) is 11.1. The van der Waals surface area contributed by atoms with Crippen molar-refractivity contribution in [3.05, 3.63) is 41.3 Å². The maximum absolute atomic E-state index is 11.5. The molecule has 0 atom stereocenters. The highest BCUT2D eigenvalue weighted by atomic mass is 32.1. The largest absolute Gasteiger partial charge is 0.465 e. The molecule has 0 radical (unpaired) electrons. The molecule has 2 heterocycles. The molecule has 0 saturated heterocycles. The first-order valence-corrected chi connectivity index (χ1v) is 7.87. The van der Waals surface area contributed by atoms with Gasteiger partial charge >= 0.3 is 5.97 Å². The lowest BCUT2D eigenvalue weighted by atomic mass is 10.2. The van der Waals surface area contributed by atoms with E-state index in [2.05, 4.69) is 15.3 Å². The lowest BCUT2D eigenvalue weighted by Gasteiger charge is -2.18. The van der Waals surface area contributed by atoms with E-state index in [1.54, 1.807) is 23.5 Å². The average molecular weight is 328 g/mol. The van der Waals surface area contributed by atoms with Crippen molar-refractivity contribution in [3.8, 4) is 0 Å².